The molecule has 4 heteroatoms. The Hall–Kier alpha value is -1.42. The monoisotopic (exact) mass is 237 g/mol. The molecule has 2 N–H and O–H groups in total. The van der Waals surface area contributed by atoms with E-state index in [0.717, 1.165) is 24.8 Å². The van der Waals surface area contributed by atoms with Crippen molar-refractivity contribution < 1.29 is 14.2 Å². The van der Waals surface area contributed by atoms with Crippen LogP contribution in [0.15, 0.2) is 12.1 Å². The summed E-state index contributed by atoms with van der Waals surface area (Å²) in [6.45, 7) is 0. The van der Waals surface area contributed by atoms with Gasteiger partial charge in [-0.3, -0.25) is 0 Å². The highest BCUT2D eigenvalue weighted by Crippen LogP contribution is 2.48. The highest BCUT2D eigenvalue weighted by Gasteiger charge is 2.38. The van der Waals surface area contributed by atoms with Gasteiger partial charge in [0, 0.05) is 11.1 Å². The number of ether oxygens (including phenoxy) is 3. The highest BCUT2D eigenvalue weighted by atomic mass is 16.5. The van der Waals surface area contributed by atoms with Crippen molar-refractivity contribution in [1.82, 2.24) is 0 Å². The van der Waals surface area contributed by atoms with E-state index in [1.165, 1.54) is 0 Å². The second kappa shape index (κ2) is 4.45. The summed E-state index contributed by atoms with van der Waals surface area (Å²) in [7, 11) is 4.84. The number of hydrogen-bond donors (Lipinski definition) is 1. The minimum absolute atomic E-state index is 0.273. The Bertz CT molecular complexity index is 413. The van der Waals surface area contributed by atoms with Gasteiger partial charge in [0.2, 0.25) is 5.75 Å². The van der Waals surface area contributed by atoms with E-state index in [1.807, 2.05) is 12.1 Å². The molecule has 0 aromatic heterocycles. The Morgan fingerprint density at radius 3 is 2.06 bits per heavy atom. The van der Waals surface area contributed by atoms with Gasteiger partial charge in [-0.15, -0.1) is 0 Å². The molecule has 0 heterocycles. The van der Waals surface area contributed by atoms with E-state index in [1.54, 1.807) is 21.3 Å². The fraction of sp³-hybridized carbons (Fsp3) is 0.538. The van der Waals surface area contributed by atoms with E-state index >= 15 is 0 Å². The molecule has 17 heavy (non-hydrogen) atoms. The van der Waals surface area contributed by atoms with E-state index in [4.69, 9.17) is 19.9 Å². The molecule has 0 spiro atoms. The Balaban J connectivity index is 2.53. The van der Waals surface area contributed by atoms with E-state index < -0.39 is 0 Å². The number of hydrogen-bond acceptors (Lipinski definition) is 4. The van der Waals surface area contributed by atoms with Crippen LogP contribution in [0.2, 0.25) is 0 Å². The van der Waals surface area contributed by atoms with Crippen molar-refractivity contribution in [1.29, 1.82) is 0 Å². The van der Waals surface area contributed by atoms with Gasteiger partial charge in [0.15, 0.2) is 11.5 Å². The van der Waals surface area contributed by atoms with Crippen LogP contribution in [0.1, 0.15) is 24.8 Å². The molecule has 1 aromatic carbocycles. The largest absolute Gasteiger partial charge is 0.493 e. The number of rotatable bonds is 4. The second-order valence-electron chi connectivity index (χ2n) is 4.39. The molecule has 1 saturated carbocycles. The average Bonchev–Trinajstić information content (AvgIpc) is 2.33. The van der Waals surface area contributed by atoms with E-state index in [9.17, 15) is 0 Å². The van der Waals surface area contributed by atoms with Gasteiger partial charge in [-0.25, -0.2) is 0 Å². The summed E-state index contributed by atoms with van der Waals surface area (Å²) in [5.74, 6) is 1.97. The van der Waals surface area contributed by atoms with Crippen LogP contribution in [-0.2, 0) is 5.54 Å². The van der Waals surface area contributed by atoms with Crippen molar-refractivity contribution in [2.45, 2.75) is 24.8 Å². The van der Waals surface area contributed by atoms with Crippen molar-refractivity contribution in [3.8, 4) is 17.2 Å². The maximum Gasteiger partial charge on any atom is 0.203 e. The highest BCUT2D eigenvalue weighted by molar-refractivity contribution is 5.58. The smallest absolute Gasteiger partial charge is 0.203 e. The third-order valence-corrected chi connectivity index (χ3v) is 3.49. The van der Waals surface area contributed by atoms with Gasteiger partial charge < -0.3 is 19.9 Å². The first-order valence-electron chi connectivity index (χ1n) is 5.74. The Morgan fingerprint density at radius 1 is 1.00 bits per heavy atom. The first kappa shape index (κ1) is 12.0. The van der Waals surface area contributed by atoms with Crippen LogP contribution in [0, 0.1) is 0 Å². The normalized spacial score (nSPS) is 17.2. The van der Waals surface area contributed by atoms with Crippen molar-refractivity contribution in [2.75, 3.05) is 21.3 Å². The maximum absolute atomic E-state index is 6.34. The van der Waals surface area contributed by atoms with E-state index in [2.05, 4.69) is 0 Å². The van der Waals surface area contributed by atoms with E-state index in [-0.39, 0.29) is 5.54 Å². The molecule has 0 amide bonds. The minimum atomic E-state index is -0.273. The molecule has 0 unspecified atom stereocenters. The SMILES string of the molecule is COc1ccc(C2(N)CCC2)c(OC)c1OC. The number of nitrogens with two attached hydrogens (primary N) is 1. The van der Waals surface area contributed by atoms with Crippen LogP contribution >= 0.6 is 0 Å². The van der Waals surface area contributed by atoms with Gasteiger partial charge in [-0.05, 0) is 31.4 Å². The first-order chi connectivity index (χ1) is 8.16. The van der Waals surface area contributed by atoms with Crippen LogP contribution in [0.3, 0.4) is 0 Å². The van der Waals surface area contributed by atoms with Crippen molar-refractivity contribution in [2.24, 2.45) is 5.73 Å². The Kier molecular flexibility index (Phi) is 3.15. The van der Waals surface area contributed by atoms with Crippen LogP contribution in [0.5, 0.6) is 17.2 Å². The molecule has 0 saturated heterocycles. The Labute approximate surface area is 102 Å². The molecule has 94 valence electrons. The lowest BCUT2D eigenvalue weighted by Crippen LogP contribution is -2.43. The summed E-state index contributed by atoms with van der Waals surface area (Å²) in [5, 5.41) is 0. The van der Waals surface area contributed by atoms with Gasteiger partial charge in [0.25, 0.3) is 0 Å². The van der Waals surface area contributed by atoms with Crippen LogP contribution in [0.4, 0.5) is 0 Å². The first-order valence-corrected chi connectivity index (χ1v) is 5.74. The van der Waals surface area contributed by atoms with Gasteiger partial charge in [0.1, 0.15) is 0 Å². The molecule has 4 nitrogen and oxygen atoms in total. The molecule has 2 rings (SSSR count). The summed E-state index contributed by atoms with van der Waals surface area (Å²) < 4.78 is 16.1. The molecule has 1 aliphatic rings. The van der Waals surface area contributed by atoms with Crippen molar-refractivity contribution in [3.63, 3.8) is 0 Å². The predicted octanol–water partition coefficient (Wildman–Crippen LogP) is 2.05. The maximum atomic E-state index is 6.34. The fourth-order valence-corrected chi connectivity index (χ4v) is 2.32. The zero-order valence-electron chi connectivity index (χ0n) is 10.6. The molecule has 0 atom stereocenters. The lowest BCUT2D eigenvalue weighted by molar-refractivity contribution is 0.238. The van der Waals surface area contributed by atoms with Crippen LogP contribution < -0.4 is 19.9 Å². The van der Waals surface area contributed by atoms with Crippen molar-refractivity contribution in [3.05, 3.63) is 17.7 Å². The minimum Gasteiger partial charge on any atom is -0.493 e. The zero-order chi connectivity index (χ0) is 12.5. The topological polar surface area (TPSA) is 53.7 Å². The molecule has 1 aliphatic carbocycles. The lowest BCUT2D eigenvalue weighted by Gasteiger charge is -2.39. The van der Waals surface area contributed by atoms with Crippen molar-refractivity contribution >= 4 is 0 Å². The van der Waals surface area contributed by atoms with Gasteiger partial charge in [-0.1, -0.05) is 0 Å². The van der Waals surface area contributed by atoms with Crippen LogP contribution in [-0.4, -0.2) is 21.3 Å². The molecule has 1 aromatic rings. The lowest BCUT2D eigenvalue weighted by atomic mass is 9.72. The van der Waals surface area contributed by atoms with Gasteiger partial charge in [0.05, 0.1) is 21.3 Å². The fourth-order valence-electron chi connectivity index (χ4n) is 2.32. The van der Waals surface area contributed by atoms with Gasteiger partial charge >= 0.3 is 0 Å². The average molecular weight is 237 g/mol. The third-order valence-electron chi connectivity index (χ3n) is 3.49. The third kappa shape index (κ3) is 1.82. The summed E-state index contributed by atoms with van der Waals surface area (Å²) in [6, 6.07) is 3.85. The number of benzene rings is 1. The Morgan fingerprint density at radius 2 is 1.65 bits per heavy atom. The molecule has 0 aliphatic heterocycles. The molecule has 0 radical (unpaired) electrons. The van der Waals surface area contributed by atoms with Gasteiger partial charge in [-0.2, -0.15) is 0 Å². The summed E-state index contributed by atoms with van der Waals surface area (Å²) in [6.07, 6.45) is 3.13. The zero-order valence-corrected chi connectivity index (χ0v) is 10.6. The second-order valence-corrected chi connectivity index (χ2v) is 4.39. The quantitative estimate of drug-likeness (QED) is 0.870. The summed E-state index contributed by atoms with van der Waals surface area (Å²) >= 11 is 0. The van der Waals surface area contributed by atoms with E-state index in [0.29, 0.717) is 17.2 Å². The van der Waals surface area contributed by atoms with Crippen LogP contribution in [0.25, 0.3) is 0 Å². The predicted molar refractivity (Wildman–Crippen MR) is 65.8 cm³/mol. The summed E-state index contributed by atoms with van der Waals surface area (Å²) in [4.78, 5) is 0. The molecule has 1 fully saturated rings. The summed E-state index contributed by atoms with van der Waals surface area (Å²) in [5.41, 5.74) is 7.07. The molecular weight excluding hydrogens is 218 g/mol. The molecular formula is C13H19NO3. The number of methoxy groups -OCH3 is 3. The molecule has 0 bridgehead atoms. The standard InChI is InChI=1S/C13H19NO3/c1-15-10-6-5-9(13(14)7-4-8-13)11(16-2)12(10)17-3/h5-6H,4,7-8,14H2,1-3H3.